The van der Waals surface area contributed by atoms with Crippen molar-refractivity contribution in [1.29, 1.82) is 0 Å². The van der Waals surface area contributed by atoms with E-state index >= 15 is 0 Å². The van der Waals surface area contributed by atoms with Crippen LogP contribution < -0.4 is 9.94 Å². The Morgan fingerprint density at radius 1 is 1.30 bits per heavy atom. The first-order chi connectivity index (χ1) is 12.8. The van der Waals surface area contributed by atoms with Gasteiger partial charge in [0.25, 0.3) is 5.91 Å². The summed E-state index contributed by atoms with van der Waals surface area (Å²) >= 11 is 1.24. The topological polar surface area (TPSA) is 94.5 Å². The lowest BCUT2D eigenvalue weighted by atomic mass is 10.1. The van der Waals surface area contributed by atoms with Gasteiger partial charge >= 0.3 is 0 Å². The van der Waals surface area contributed by atoms with Gasteiger partial charge in [0.15, 0.2) is 4.80 Å². The van der Waals surface area contributed by atoms with Gasteiger partial charge in [-0.3, -0.25) is 4.79 Å². The van der Waals surface area contributed by atoms with Crippen LogP contribution in [0.1, 0.15) is 11.1 Å². The predicted octanol–water partition coefficient (Wildman–Crippen LogP) is 2.51. The van der Waals surface area contributed by atoms with Crippen molar-refractivity contribution >= 4 is 37.5 Å². The maximum Gasteiger partial charge on any atom is 0.252 e. The lowest BCUT2D eigenvalue weighted by Gasteiger charge is -2.02. The van der Waals surface area contributed by atoms with Crippen molar-refractivity contribution in [3.63, 3.8) is 0 Å². The number of nitrogens with two attached hydrogens (primary N) is 1. The molecule has 0 atom stereocenters. The minimum absolute atomic E-state index is 0.0274. The number of rotatable bonds is 5. The predicted molar refractivity (Wildman–Crippen MR) is 107 cm³/mol. The first kappa shape index (κ1) is 19.2. The van der Waals surface area contributed by atoms with E-state index in [9.17, 15) is 13.2 Å². The van der Waals surface area contributed by atoms with Gasteiger partial charge in [-0.1, -0.05) is 47.2 Å². The fourth-order valence-corrected chi connectivity index (χ4v) is 4.47. The number of hydrogen-bond acceptors (Lipinski definition) is 4. The van der Waals surface area contributed by atoms with E-state index in [-0.39, 0.29) is 17.2 Å². The Hall–Kier alpha value is -2.55. The van der Waals surface area contributed by atoms with Crippen LogP contribution in [0.4, 0.5) is 0 Å². The van der Waals surface area contributed by atoms with Crippen LogP contribution in [0.15, 0.2) is 65.0 Å². The first-order valence-corrected chi connectivity index (χ1v) is 10.5. The van der Waals surface area contributed by atoms with Crippen molar-refractivity contribution in [3.05, 3.63) is 71.0 Å². The van der Waals surface area contributed by atoms with Crippen LogP contribution in [-0.4, -0.2) is 18.9 Å². The molecule has 6 nitrogen and oxygen atoms in total. The number of amides is 1. The summed E-state index contributed by atoms with van der Waals surface area (Å²) in [5, 5.41) is 5.21. The van der Waals surface area contributed by atoms with E-state index in [1.54, 1.807) is 12.1 Å². The highest BCUT2D eigenvalue weighted by Crippen LogP contribution is 2.21. The number of primary sulfonamides is 1. The number of fused-ring (bicyclic) bond motifs is 1. The number of carbonyl (C=O) groups is 1. The molecule has 0 saturated heterocycles. The van der Waals surface area contributed by atoms with Gasteiger partial charge in [-0.15, -0.1) is 6.58 Å². The molecule has 1 amide bonds. The Balaban J connectivity index is 2.06. The van der Waals surface area contributed by atoms with Gasteiger partial charge in [-0.25, -0.2) is 13.6 Å². The molecule has 0 aliphatic heterocycles. The Morgan fingerprint density at radius 2 is 2.07 bits per heavy atom. The second-order valence-electron chi connectivity index (χ2n) is 6.13. The van der Waals surface area contributed by atoms with Crippen LogP contribution in [0.2, 0.25) is 0 Å². The minimum Gasteiger partial charge on any atom is -0.313 e. The lowest BCUT2D eigenvalue weighted by molar-refractivity contribution is -0.117. The zero-order valence-corrected chi connectivity index (χ0v) is 16.4. The fourth-order valence-electron chi connectivity index (χ4n) is 2.76. The third-order valence-corrected chi connectivity index (χ3v) is 5.90. The zero-order chi connectivity index (χ0) is 19.6. The molecule has 0 radical (unpaired) electrons. The third kappa shape index (κ3) is 4.41. The third-order valence-electron chi connectivity index (χ3n) is 3.95. The van der Waals surface area contributed by atoms with Gasteiger partial charge in [0.1, 0.15) is 0 Å². The highest BCUT2D eigenvalue weighted by atomic mass is 32.2. The van der Waals surface area contributed by atoms with Crippen molar-refractivity contribution < 1.29 is 13.2 Å². The summed E-state index contributed by atoms with van der Waals surface area (Å²) in [5.41, 5.74) is 2.76. The van der Waals surface area contributed by atoms with Gasteiger partial charge in [0.05, 0.1) is 21.5 Å². The van der Waals surface area contributed by atoms with E-state index in [1.807, 2.05) is 35.8 Å². The molecular formula is C19H19N3O3S2. The summed E-state index contributed by atoms with van der Waals surface area (Å²) in [6.45, 7) is 6.16. The highest BCUT2D eigenvalue weighted by Gasteiger charge is 2.13. The molecule has 3 rings (SSSR count). The number of allylic oxidation sites excluding steroid dienone is 1. The van der Waals surface area contributed by atoms with Crippen LogP contribution in [0.5, 0.6) is 0 Å². The quantitative estimate of drug-likeness (QED) is 0.666. The molecule has 2 N–H and O–H groups in total. The molecule has 2 aromatic carbocycles. The summed E-state index contributed by atoms with van der Waals surface area (Å²) in [6.07, 6.45) is 1.90. The molecule has 1 heterocycles. The highest BCUT2D eigenvalue weighted by molar-refractivity contribution is 7.89. The molecule has 0 saturated carbocycles. The van der Waals surface area contributed by atoms with Gasteiger partial charge in [0, 0.05) is 6.54 Å². The summed E-state index contributed by atoms with van der Waals surface area (Å²) in [7, 11) is -3.80. The lowest BCUT2D eigenvalue weighted by Crippen LogP contribution is -2.17. The van der Waals surface area contributed by atoms with E-state index < -0.39 is 10.0 Å². The standard InChI is InChI=1S/C19H19N3O3S2/c1-3-9-22-16-8-7-15(27(20,24)25)12-17(16)26-19(22)21-18(23)11-14-6-4-5-13(2)10-14/h3-8,10,12H,1,9,11H2,2H3,(H2,20,24,25). The molecule has 140 valence electrons. The van der Waals surface area contributed by atoms with Gasteiger partial charge in [-0.2, -0.15) is 4.99 Å². The van der Waals surface area contributed by atoms with Crippen molar-refractivity contribution in [2.24, 2.45) is 10.1 Å². The molecule has 0 aliphatic carbocycles. The second kappa shape index (κ2) is 7.59. The summed E-state index contributed by atoms with van der Waals surface area (Å²) in [5.74, 6) is -0.267. The molecule has 0 fully saturated rings. The molecule has 3 aromatic rings. The number of nitrogens with zero attached hydrogens (tertiary/aromatic N) is 2. The maximum atomic E-state index is 12.4. The van der Waals surface area contributed by atoms with E-state index in [0.717, 1.165) is 16.6 Å². The van der Waals surface area contributed by atoms with Gasteiger partial charge in [0.2, 0.25) is 10.0 Å². The first-order valence-electron chi connectivity index (χ1n) is 8.18. The van der Waals surface area contributed by atoms with Crippen LogP contribution >= 0.6 is 11.3 Å². The molecule has 1 aromatic heterocycles. The molecule has 0 bridgehead atoms. The Kier molecular flexibility index (Phi) is 5.41. The van der Waals surface area contributed by atoms with Crippen molar-refractivity contribution in [1.82, 2.24) is 4.57 Å². The molecule has 0 spiro atoms. The Bertz CT molecular complexity index is 1200. The van der Waals surface area contributed by atoms with Crippen LogP contribution in [0.25, 0.3) is 10.2 Å². The van der Waals surface area contributed by atoms with E-state index in [1.165, 1.54) is 23.5 Å². The number of benzene rings is 2. The number of aromatic nitrogens is 1. The maximum absolute atomic E-state index is 12.4. The summed E-state index contributed by atoms with van der Waals surface area (Å²) in [6, 6.07) is 12.3. The van der Waals surface area contributed by atoms with Crippen LogP contribution in [0, 0.1) is 6.92 Å². The largest absolute Gasteiger partial charge is 0.313 e. The van der Waals surface area contributed by atoms with Crippen molar-refractivity contribution in [3.8, 4) is 0 Å². The smallest absolute Gasteiger partial charge is 0.252 e. The number of thiazole rings is 1. The molecular weight excluding hydrogens is 382 g/mol. The molecule has 0 unspecified atom stereocenters. The monoisotopic (exact) mass is 401 g/mol. The summed E-state index contributed by atoms with van der Waals surface area (Å²) in [4.78, 5) is 17.2. The van der Waals surface area contributed by atoms with E-state index in [4.69, 9.17) is 5.14 Å². The number of hydrogen-bond donors (Lipinski definition) is 1. The molecule has 27 heavy (non-hydrogen) atoms. The Morgan fingerprint density at radius 3 is 2.74 bits per heavy atom. The zero-order valence-electron chi connectivity index (χ0n) is 14.8. The molecule has 0 aliphatic rings. The van der Waals surface area contributed by atoms with Crippen LogP contribution in [0.3, 0.4) is 0 Å². The minimum atomic E-state index is -3.80. The number of aryl methyl sites for hydroxylation is 1. The fraction of sp³-hybridized carbons (Fsp3) is 0.158. The van der Waals surface area contributed by atoms with Gasteiger partial charge < -0.3 is 4.57 Å². The average molecular weight is 402 g/mol. The Labute approximate surface area is 161 Å². The van der Waals surface area contributed by atoms with Crippen LogP contribution in [-0.2, 0) is 27.8 Å². The normalized spacial score (nSPS) is 12.4. The van der Waals surface area contributed by atoms with E-state index in [0.29, 0.717) is 16.0 Å². The summed E-state index contributed by atoms with van der Waals surface area (Å²) < 4.78 is 25.7. The van der Waals surface area contributed by atoms with Crippen molar-refractivity contribution in [2.45, 2.75) is 24.8 Å². The second-order valence-corrected chi connectivity index (χ2v) is 8.70. The van der Waals surface area contributed by atoms with E-state index in [2.05, 4.69) is 11.6 Å². The van der Waals surface area contributed by atoms with Gasteiger partial charge in [-0.05, 0) is 30.7 Å². The average Bonchev–Trinajstić information content (AvgIpc) is 2.91. The SMILES string of the molecule is C=CCn1c(=NC(=O)Cc2cccc(C)c2)sc2cc(S(N)(=O)=O)ccc21. The number of carbonyl (C=O) groups excluding carboxylic acids is 1. The van der Waals surface area contributed by atoms with Crippen molar-refractivity contribution in [2.75, 3.05) is 0 Å². The molecule has 8 heteroatoms. The number of sulfonamides is 1.